The highest BCUT2D eigenvalue weighted by Gasteiger charge is 2.19. The molecule has 0 aromatic heterocycles. The van der Waals surface area contributed by atoms with E-state index >= 15 is 0 Å². The number of nitrogen functional groups attached to an aromatic ring is 1. The summed E-state index contributed by atoms with van der Waals surface area (Å²) in [6, 6.07) is 4.82. The molecule has 0 atom stereocenters. The van der Waals surface area contributed by atoms with Crippen molar-refractivity contribution in [3.05, 3.63) is 18.2 Å². The van der Waals surface area contributed by atoms with Crippen molar-refractivity contribution in [3.8, 4) is 0 Å². The van der Waals surface area contributed by atoms with Gasteiger partial charge in [0.15, 0.2) is 9.84 Å². The number of benzene rings is 1. The smallest absolute Gasteiger partial charge is 0.241 e. The number of carbonyl (C=O) groups excluding carboxylic acids is 1. The molecule has 0 saturated heterocycles. The molecule has 0 unspecified atom stereocenters. The minimum absolute atomic E-state index is 0.0731. The fraction of sp³-hybridized carbons (Fsp3) is 0.462. The molecule has 0 heterocycles. The molecular weight excluding hydrogens is 278 g/mol. The number of rotatable bonds is 5. The maximum Gasteiger partial charge on any atom is 0.241 e. The lowest BCUT2D eigenvalue weighted by Gasteiger charge is -2.26. The van der Waals surface area contributed by atoms with E-state index in [1.54, 1.807) is 31.1 Å². The van der Waals surface area contributed by atoms with E-state index in [2.05, 4.69) is 0 Å². The second-order valence-electron chi connectivity index (χ2n) is 4.76. The lowest BCUT2D eigenvalue weighted by molar-refractivity contribution is -0.127. The van der Waals surface area contributed by atoms with Gasteiger partial charge in [0.2, 0.25) is 5.91 Å². The second-order valence-corrected chi connectivity index (χ2v) is 6.75. The van der Waals surface area contributed by atoms with E-state index in [4.69, 9.17) is 5.73 Å². The van der Waals surface area contributed by atoms with Gasteiger partial charge in [-0.05, 0) is 19.1 Å². The number of likely N-dealkylation sites (N-methyl/N-ethyl adjacent to an activating group) is 2. The topological polar surface area (TPSA) is 83.7 Å². The minimum Gasteiger partial charge on any atom is -0.396 e. The van der Waals surface area contributed by atoms with Gasteiger partial charge in [-0.15, -0.1) is 0 Å². The van der Waals surface area contributed by atoms with Crippen LogP contribution in [0.2, 0.25) is 0 Å². The van der Waals surface area contributed by atoms with Crippen LogP contribution in [0.3, 0.4) is 0 Å². The van der Waals surface area contributed by atoms with Gasteiger partial charge in [-0.1, -0.05) is 6.07 Å². The summed E-state index contributed by atoms with van der Waals surface area (Å²) >= 11 is 0. The average Bonchev–Trinajstić information content (AvgIpc) is 2.34. The van der Waals surface area contributed by atoms with E-state index in [1.807, 2.05) is 6.92 Å². The molecule has 0 radical (unpaired) electrons. The third kappa shape index (κ3) is 3.63. The molecule has 7 heteroatoms. The zero-order chi connectivity index (χ0) is 15.5. The van der Waals surface area contributed by atoms with Gasteiger partial charge in [-0.2, -0.15) is 0 Å². The number of nitrogens with two attached hydrogens (primary N) is 1. The van der Waals surface area contributed by atoms with Crippen LogP contribution >= 0.6 is 0 Å². The number of carbonyl (C=O) groups is 1. The SMILES string of the molecule is CCN(CC(=O)N(C)C)c1cccc(S(C)(=O)=O)c1N. The molecule has 1 aromatic rings. The first kappa shape index (κ1) is 16.3. The molecule has 0 spiro atoms. The normalized spacial score (nSPS) is 11.2. The summed E-state index contributed by atoms with van der Waals surface area (Å²) in [7, 11) is -0.0434. The van der Waals surface area contributed by atoms with Gasteiger partial charge < -0.3 is 15.5 Å². The summed E-state index contributed by atoms with van der Waals surface area (Å²) in [6.07, 6.45) is 1.11. The van der Waals surface area contributed by atoms with Gasteiger partial charge in [0.1, 0.15) is 0 Å². The zero-order valence-corrected chi connectivity index (χ0v) is 13.1. The fourth-order valence-electron chi connectivity index (χ4n) is 1.80. The van der Waals surface area contributed by atoms with Gasteiger partial charge in [0, 0.05) is 26.9 Å². The molecule has 0 bridgehead atoms. The summed E-state index contributed by atoms with van der Waals surface area (Å²) in [4.78, 5) is 15.1. The Labute approximate surface area is 120 Å². The van der Waals surface area contributed by atoms with Crippen molar-refractivity contribution in [1.29, 1.82) is 0 Å². The van der Waals surface area contributed by atoms with Crippen molar-refractivity contribution < 1.29 is 13.2 Å². The second kappa shape index (κ2) is 6.13. The molecule has 20 heavy (non-hydrogen) atoms. The first-order valence-electron chi connectivity index (χ1n) is 6.22. The van der Waals surface area contributed by atoms with Gasteiger partial charge in [0.05, 0.1) is 22.8 Å². The van der Waals surface area contributed by atoms with Crippen LogP contribution in [0.15, 0.2) is 23.1 Å². The fourth-order valence-corrected chi connectivity index (χ4v) is 2.63. The lowest BCUT2D eigenvalue weighted by Crippen LogP contribution is -2.37. The van der Waals surface area contributed by atoms with Gasteiger partial charge in [-0.3, -0.25) is 4.79 Å². The van der Waals surface area contributed by atoms with Gasteiger partial charge >= 0.3 is 0 Å². The summed E-state index contributed by atoms with van der Waals surface area (Å²) in [5.74, 6) is -0.0731. The Balaban J connectivity index is 3.21. The lowest BCUT2D eigenvalue weighted by atomic mass is 10.2. The van der Waals surface area contributed by atoms with Crippen LogP contribution < -0.4 is 10.6 Å². The number of nitrogens with zero attached hydrogens (tertiary/aromatic N) is 2. The molecular formula is C13H21N3O3S. The van der Waals surface area contributed by atoms with E-state index in [9.17, 15) is 13.2 Å². The molecule has 112 valence electrons. The summed E-state index contributed by atoms with van der Waals surface area (Å²) in [6.45, 7) is 2.59. The molecule has 0 saturated carbocycles. The van der Waals surface area contributed by atoms with E-state index in [-0.39, 0.29) is 23.0 Å². The largest absolute Gasteiger partial charge is 0.396 e. The molecule has 0 fully saturated rings. The molecule has 6 nitrogen and oxygen atoms in total. The Morgan fingerprint density at radius 3 is 2.35 bits per heavy atom. The number of para-hydroxylation sites is 1. The van der Waals surface area contributed by atoms with Crippen molar-refractivity contribution in [3.63, 3.8) is 0 Å². The van der Waals surface area contributed by atoms with Crippen LogP contribution in [0.5, 0.6) is 0 Å². The summed E-state index contributed by atoms with van der Waals surface area (Å²) in [5.41, 5.74) is 6.70. The standard InChI is InChI=1S/C13H21N3O3S/c1-5-16(9-12(17)15(2)3)10-7-6-8-11(13(10)14)20(4,18)19/h6-8H,5,9,14H2,1-4H3. The summed E-state index contributed by atoms with van der Waals surface area (Å²) < 4.78 is 23.3. The number of amides is 1. The van der Waals surface area contributed by atoms with E-state index in [1.165, 1.54) is 11.0 Å². The highest BCUT2D eigenvalue weighted by Crippen LogP contribution is 2.29. The van der Waals surface area contributed by atoms with Crippen molar-refractivity contribution >= 4 is 27.1 Å². The highest BCUT2D eigenvalue weighted by atomic mass is 32.2. The van der Waals surface area contributed by atoms with Crippen molar-refractivity contribution in [2.75, 3.05) is 44.1 Å². The van der Waals surface area contributed by atoms with E-state index < -0.39 is 9.84 Å². The Bertz CT molecular complexity index is 597. The maximum absolute atomic E-state index is 11.8. The average molecular weight is 299 g/mol. The predicted octanol–water partition coefficient (Wildman–Crippen LogP) is 0.587. The molecule has 0 aliphatic carbocycles. The van der Waals surface area contributed by atoms with Crippen molar-refractivity contribution in [2.45, 2.75) is 11.8 Å². The van der Waals surface area contributed by atoms with Gasteiger partial charge in [-0.25, -0.2) is 8.42 Å². The highest BCUT2D eigenvalue weighted by molar-refractivity contribution is 7.90. The van der Waals surface area contributed by atoms with Gasteiger partial charge in [0.25, 0.3) is 0 Å². The molecule has 1 aromatic carbocycles. The molecule has 2 N–H and O–H groups in total. The Kier molecular flexibility index (Phi) is 4.99. The third-order valence-electron chi connectivity index (χ3n) is 2.99. The van der Waals surface area contributed by atoms with Crippen LogP contribution in [0.25, 0.3) is 0 Å². The van der Waals surface area contributed by atoms with Crippen LogP contribution in [-0.4, -0.2) is 52.7 Å². The third-order valence-corrected chi connectivity index (χ3v) is 4.14. The first-order chi connectivity index (χ1) is 9.18. The monoisotopic (exact) mass is 299 g/mol. The zero-order valence-electron chi connectivity index (χ0n) is 12.3. The Morgan fingerprint density at radius 2 is 1.90 bits per heavy atom. The van der Waals surface area contributed by atoms with E-state index in [0.29, 0.717) is 12.2 Å². The van der Waals surface area contributed by atoms with Crippen LogP contribution in [-0.2, 0) is 14.6 Å². The van der Waals surface area contributed by atoms with Crippen LogP contribution in [0, 0.1) is 0 Å². The molecule has 1 rings (SSSR count). The number of sulfone groups is 1. The number of anilines is 2. The van der Waals surface area contributed by atoms with Crippen LogP contribution in [0.1, 0.15) is 6.92 Å². The molecule has 1 amide bonds. The number of hydrogen-bond acceptors (Lipinski definition) is 5. The van der Waals surface area contributed by atoms with E-state index in [0.717, 1.165) is 6.26 Å². The van der Waals surface area contributed by atoms with Crippen LogP contribution in [0.4, 0.5) is 11.4 Å². The summed E-state index contributed by atoms with van der Waals surface area (Å²) in [5, 5.41) is 0. The Morgan fingerprint density at radius 1 is 1.30 bits per heavy atom. The number of hydrogen-bond donors (Lipinski definition) is 1. The first-order valence-corrected chi connectivity index (χ1v) is 8.11. The predicted molar refractivity (Wildman–Crippen MR) is 80.5 cm³/mol. The molecule has 0 aliphatic heterocycles. The van der Waals surface area contributed by atoms with Crippen molar-refractivity contribution in [2.24, 2.45) is 0 Å². The minimum atomic E-state index is -3.39. The maximum atomic E-state index is 11.8. The quantitative estimate of drug-likeness (QED) is 0.804. The Hall–Kier alpha value is -1.76. The molecule has 0 aliphatic rings. The van der Waals surface area contributed by atoms with Crippen molar-refractivity contribution in [1.82, 2.24) is 4.90 Å².